The van der Waals surface area contributed by atoms with Gasteiger partial charge >= 0.3 is 5.97 Å². The van der Waals surface area contributed by atoms with Crippen LogP contribution < -0.4 is 10.1 Å². The van der Waals surface area contributed by atoms with E-state index in [1.54, 1.807) is 13.2 Å². The smallest absolute Gasteiger partial charge is 0.303 e. The molecule has 5 heteroatoms. The maximum Gasteiger partial charge on any atom is 0.303 e. The van der Waals surface area contributed by atoms with E-state index < -0.39 is 5.97 Å². The molecule has 0 amide bonds. The minimum atomic E-state index is -0.763. The summed E-state index contributed by atoms with van der Waals surface area (Å²) in [6.45, 7) is 1.29. The molecule has 0 saturated heterocycles. The van der Waals surface area contributed by atoms with Crippen LogP contribution in [0.3, 0.4) is 0 Å². The number of nitrogens with one attached hydrogen (secondary N) is 1. The fourth-order valence-corrected chi connectivity index (χ4v) is 1.25. The third kappa shape index (κ3) is 4.75. The molecule has 0 unspecified atom stereocenters. The molecule has 0 bridgehead atoms. The molecule has 1 heterocycles. The van der Waals surface area contributed by atoms with Crippen molar-refractivity contribution in [1.82, 2.24) is 10.3 Å². The van der Waals surface area contributed by atoms with Crippen LogP contribution in [0.25, 0.3) is 0 Å². The Bertz CT molecular complexity index is 342. The number of hydrogen-bond donors (Lipinski definition) is 2. The minimum absolute atomic E-state index is 0.193. The standard InChI is InChI=1S/C11H16N2O3/c1-16-10-5-2-4-9(13-10)8-12-7-3-6-11(14)15/h2,4-5,12H,3,6-8H2,1H3,(H,14,15). The number of rotatable bonds is 7. The maximum atomic E-state index is 10.3. The Morgan fingerprint density at radius 2 is 2.38 bits per heavy atom. The number of ether oxygens (including phenoxy) is 1. The van der Waals surface area contributed by atoms with E-state index in [9.17, 15) is 4.79 Å². The van der Waals surface area contributed by atoms with Crippen LogP contribution in [-0.4, -0.2) is 29.7 Å². The van der Waals surface area contributed by atoms with Crippen LogP contribution in [0.1, 0.15) is 18.5 Å². The summed E-state index contributed by atoms with van der Waals surface area (Å²) in [5.41, 5.74) is 0.884. The number of pyridine rings is 1. The Morgan fingerprint density at radius 3 is 3.06 bits per heavy atom. The van der Waals surface area contributed by atoms with Gasteiger partial charge in [0.05, 0.1) is 12.8 Å². The van der Waals surface area contributed by atoms with E-state index in [-0.39, 0.29) is 6.42 Å². The summed E-state index contributed by atoms with van der Waals surface area (Å²) in [4.78, 5) is 14.5. The second-order valence-corrected chi connectivity index (χ2v) is 3.35. The lowest BCUT2D eigenvalue weighted by Gasteiger charge is -2.04. The molecule has 1 aromatic rings. The molecule has 0 aliphatic carbocycles. The molecule has 1 rings (SSSR count). The van der Waals surface area contributed by atoms with Crippen LogP contribution in [0, 0.1) is 0 Å². The third-order valence-corrected chi connectivity index (χ3v) is 2.04. The summed E-state index contributed by atoms with van der Waals surface area (Å²) >= 11 is 0. The molecule has 0 aliphatic heterocycles. The maximum absolute atomic E-state index is 10.3. The summed E-state index contributed by atoms with van der Waals surface area (Å²) in [6, 6.07) is 5.56. The number of aromatic nitrogens is 1. The first-order valence-electron chi connectivity index (χ1n) is 5.15. The van der Waals surface area contributed by atoms with Crippen LogP contribution in [0.15, 0.2) is 18.2 Å². The Morgan fingerprint density at radius 1 is 1.56 bits per heavy atom. The van der Waals surface area contributed by atoms with Crippen molar-refractivity contribution in [3.05, 3.63) is 23.9 Å². The molecule has 0 saturated carbocycles. The van der Waals surface area contributed by atoms with Crippen molar-refractivity contribution in [3.8, 4) is 5.88 Å². The Labute approximate surface area is 94.5 Å². The van der Waals surface area contributed by atoms with Gasteiger partial charge in [-0.25, -0.2) is 4.98 Å². The monoisotopic (exact) mass is 224 g/mol. The van der Waals surface area contributed by atoms with E-state index in [4.69, 9.17) is 9.84 Å². The Balaban J connectivity index is 2.23. The summed E-state index contributed by atoms with van der Waals surface area (Å²) < 4.78 is 5.00. The van der Waals surface area contributed by atoms with E-state index in [0.29, 0.717) is 25.4 Å². The van der Waals surface area contributed by atoms with Gasteiger partial charge in [-0.05, 0) is 19.0 Å². The highest BCUT2D eigenvalue weighted by atomic mass is 16.5. The molecule has 5 nitrogen and oxygen atoms in total. The van der Waals surface area contributed by atoms with Crippen molar-refractivity contribution in [1.29, 1.82) is 0 Å². The summed E-state index contributed by atoms with van der Waals surface area (Å²) in [6.07, 6.45) is 0.817. The Hall–Kier alpha value is -1.62. The van der Waals surface area contributed by atoms with E-state index in [1.165, 1.54) is 0 Å². The predicted octanol–water partition coefficient (Wildman–Crippen LogP) is 1.04. The molecule has 88 valence electrons. The molecule has 0 fully saturated rings. The average Bonchev–Trinajstić information content (AvgIpc) is 2.28. The van der Waals surface area contributed by atoms with Crippen molar-refractivity contribution in [2.75, 3.05) is 13.7 Å². The van der Waals surface area contributed by atoms with Crippen LogP contribution in [0.5, 0.6) is 5.88 Å². The number of carboxylic acids is 1. The van der Waals surface area contributed by atoms with Crippen molar-refractivity contribution in [2.24, 2.45) is 0 Å². The number of hydrogen-bond acceptors (Lipinski definition) is 4. The van der Waals surface area contributed by atoms with Gasteiger partial charge in [0.25, 0.3) is 0 Å². The van der Waals surface area contributed by atoms with Gasteiger partial charge in [0, 0.05) is 19.0 Å². The first-order chi connectivity index (χ1) is 7.72. The van der Waals surface area contributed by atoms with Crippen molar-refractivity contribution in [3.63, 3.8) is 0 Å². The highest BCUT2D eigenvalue weighted by molar-refractivity contribution is 5.66. The van der Waals surface area contributed by atoms with Crippen molar-refractivity contribution >= 4 is 5.97 Å². The van der Waals surface area contributed by atoms with Gasteiger partial charge in [-0.3, -0.25) is 4.79 Å². The summed E-state index contributed by atoms with van der Waals surface area (Å²) in [5.74, 6) is -0.175. The largest absolute Gasteiger partial charge is 0.481 e. The van der Waals surface area contributed by atoms with Gasteiger partial charge in [0.15, 0.2) is 0 Å². The summed E-state index contributed by atoms with van der Waals surface area (Å²) in [5, 5.41) is 11.6. The lowest BCUT2D eigenvalue weighted by Crippen LogP contribution is -2.16. The fraction of sp³-hybridized carbons (Fsp3) is 0.455. The zero-order chi connectivity index (χ0) is 11.8. The lowest BCUT2D eigenvalue weighted by molar-refractivity contribution is -0.137. The number of carbonyl (C=O) groups is 1. The van der Waals surface area contributed by atoms with E-state index in [1.807, 2.05) is 12.1 Å². The molecule has 0 radical (unpaired) electrons. The molecule has 0 atom stereocenters. The number of carboxylic acid groups (broad SMARTS) is 1. The second kappa shape index (κ2) is 6.79. The SMILES string of the molecule is COc1cccc(CNCCCC(=O)O)n1. The van der Waals surface area contributed by atoms with Gasteiger partial charge in [-0.1, -0.05) is 6.07 Å². The van der Waals surface area contributed by atoms with Crippen LogP contribution in [0.4, 0.5) is 0 Å². The molecule has 0 aromatic carbocycles. The summed E-state index contributed by atoms with van der Waals surface area (Å²) in [7, 11) is 1.58. The zero-order valence-electron chi connectivity index (χ0n) is 9.27. The second-order valence-electron chi connectivity index (χ2n) is 3.35. The van der Waals surface area contributed by atoms with Crippen LogP contribution in [-0.2, 0) is 11.3 Å². The first-order valence-corrected chi connectivity index (χ1v) is 5.15. The van der Waals surface area contributed by atoms with Gasteiger partial charge in [0.2, 0.25) is 5.88 Å². The molecule has 16 heavy (non-hydrogen) atoms. The lowest BCUT2D eigenvalue weighted by atomic mass is 10.3. The first kappa shape index (κ1) is 12.4. The van der Waals surface area contributed by atoms with Crippen molar-refractivity contribution in [2.45, 2.75) is 19.4 Å². The number of nitrogens with zero attached hydrogens (tertiary/aromatic N) is 1. The minimum Gasteiger partial charge on any atom is -0.481 e. The third-order valence-electron chi connectivity index (χ3n) is 2.04. The molecular weight excluding hydrogens is 208 g/mol. The average molecular weight is 224 g/mol. The van der Waals surface area contributed by atoms with E-state index in [2.05, 4.69) is 10.3 Å². The quantitative estimate of drug-likeness (QED) is 0.677. The molecule has 1 aromatic heterocycles. The highest BCUT2D eigenvalue weighted by Gasteiger charge is 1.98. The van der Waals surface area contributed by atoms with Gasteiger partial charge in [-0.2, -0.15) is 0 Å². The Kier molecular flexibility index (Phi) is 5.28. The van der Waals surface area contributed by atoms with E-state index >= 15 is 0 Å². The fourth-order valence-electron chi connectivity index (χ4n) is 1.25. The number of aliphatic carboxylic acids is 1. The topological polar surface area (TPSA) is 71.5 Å². The van der Waals surface area contributed by atoms with Crippen molar-refractivity contribution < 1.29 is 14.6 Å². The van der Waals surface area contributed by atoms with Crippen LogP contribution in [0.2, 0.25) is 0 Å². The van der Waals surface area contributed by atoms with Gasteiger partial charge in [-0.15, -0.1) is 0 Å². The van der Waals surface area contributed by atoms with Crippen LogP contribution >= 0.6 is 0 Å². The highest BCUT2D eigenvalue weighted by Crippen LogP contribution is 2.05. The zero-order valence-corrected chi connectivity index (χ0v) is 9.27. The number of methoxy groups -OCH3 is 1. The van der Waals surface area contributed by atoms with Gasteiger partial charge in [0.1, 0.15) is 0 Å². The normalized spacial score (nSPS) is 10.1. The molecule has 0 aliphatic rings. The van der Waals surface area contributed by atoms with E-state index in [0.717, 1.165) is 5.69 Å². The predicted molar refractivity (Wildman–Crippen MR) is 59.4 cm³/mol. The van der Waals surface area contributed by atoms with Gasteiger partial charge < -0.3 is 15.2 Å². The molecule has 2 N–H and O–H groups in total. The molecule has 0 spiro atoms. The molecular formula is C11H16N2O3.